The summed E-state index contributed by atoms with van der Waals surface area (Å²) in [5.41, 5.74) is 1.43. The first-order chi connectivity index (χ1) is 14.2. The Morgan fingerprint density at radius 2 is 2.03 bits per heavy atom. The van der Waals surface area contributed by atoms with Gasteiger partial charge in [-0.2, -0.15) is 0 Å². The van der Waals surface area contributed by atoms with Crippen LogP contribution >= 0.6 is 0 Å². The van der Waals surface area contributed by atoms with Crippen molar-refractivity contribution in [3.8, 4) is 5.75 Å². The molecular weight excluding hydrogens is 370 g/mol. The highest BCUT2D eigenvalue weighted by molar-refractivity contribution is 5.80. The molecular formula is C22H23N3O4. The van der Waals surface area contributed by atoms with E-state index in [9.17, 15) is 9.59 Å². The number of nitrogens with one attached hydrogen (secondary N) is 1. The number of nitrogens with zero attached hydrogens (tertiary/aromatic N) is 2. The molecule has 7 heteroatoms. The second kappa shape index (κ2) is 8.45. The van der Waals surface area contributed by atoms with Gasteiger partial charge in [-0.05, 0) is 30.2 Å². The number of carbonyl (C=O) groups excluding carboxylic acids is 1. The molecule has 1 aromatic heterocycles. The van der Waals surface area contributed by atoms with E-state index in [0.717, 1.165) is 11.3 Å². The van der Waals surface area contributed by atoms with Crippen LogP contribution in [0.4, 0.5) is 0 Å². The first-order valence-corrected chi connectivity index (χ1v) is 9.62. The summed E-state index contributed by atoms with van der Waals surface area (Å²) in [6, 6.07) is 14.9. The second-order valence-corrected chi connectivity index (χ2v) is 7.10. The van der Waals surface area contributed by atoms with E-state index in [1.54, 1.807) is 30.2 Å². The van der Waals surface area contributed by atoms with Gasteiger partial charge in [0.2, 0.25) is 5.91 Å². The fourth-order valence-corrected chi connectivity index (χ4v) is 3.60. The van der Waals surface area contributed by atoms with Gasteiger partial charge in [-0.15, -0.1) is 0 Å². The number of fused-ring (bicyclic) bond motifs is 2. The number of para-hydroxylation sites is 2. The Labute approximate surface area is 168 Å². The number of H-pyrrole nitrogens is 1. The van der Waals surface area contributed by atoms with Gasteiger partial charge < -0.3 is 19.4 Å². The molecule has 1 atom stereocenters. The van der Waals surface area contributed by atoms with Gasteiger partial charge in [0, 0.05) is 13.7 Å². The first kappa shape index (κ1) is 19.1. The van der Waals surface area contributed by atoms with Crippen LogP contribution in [0.5, 0.6) is 5.75 Å². The van der Waals surface area contributed by atoms with Gasteiger partial charge in [0.1, 0.15) is 18.2 Å². The van der Waals surface area contributed by atoms with Crippen molar-refractivity contribution in [1.82, 2.24) is 14.9 Å². The third-order valence-electron chi connectivity index (χ3n) is 5.11. The van der Waals surface area contributed by atoms with Crippen molar-refractivity contribution < 1.29 is 14.3 Å². The van der Waals surface area contributed by atoms with Crippen molar-refractivity contribution in [1.29, 1.82) is 0 Å². The van der Waals surface area contributed by atoms with Crippen LogP contribution in [0, 0.1) is 5.92 Å². The molecule has 29 heavy (non-hydrogen) atoms. The normalized spacial score (nSPS) is 15.6. The van der Waals surface area contributed by atoms with E-state index in [1.165, 1.54) is 0 Å². The molecule has 0 aliphatic carbocycles. The molecule has 1 aliphatic heterocycles. The third kappa shape index (κ3) is 4.14. The molecule has 4 rings (SSSR count). The Hall–Kier alpha value is -3.19. The Kier molecular flexibility index (Phi) is 5.57. The van der Waals surface area contributed by atoms with E-state index in [-0.39, 0.29) is 23.9 Å². The van der Waals surface area contributed by atoms with Crippen LogP contribution in [0.2, 0.25) is 0 Å². The highest BCUT2D eigenvalue weighted by Crippen LogP contribution is 2.28. The largest absolute Gasteiger partial charge is 0.492 e. The van der Waals surface area contributed by atoms with E-state index in [2.05, 4.69) is 9.97 Å². The van der Waals surface area contributed by atoms with Crippen LogP contribution in [0.1, 0.15) is 11.4 Å². The molecule has 7 nitrogen and oxygen atoms in total. The lowest BCUT2D eigenvalue weighted by molar-refractivity contribution is -0.138. The number of aromatic amines is 1. The molecule has 1 amide bonds. The highest BCUT2D eigenvalue weighted by Gasteiger charge is 2.30. The zero-order chi connectivity index (χ0) is 20.2. The van der Waals surface area contributed by atoms with Crippen molar-refractivity contribution in [2.24, 2.45) is 5.92 Å². The van der Waals surface area contributed by atoms with Gasteiger partial charge >= 0.3 is 0 Å². The van der Waals surface area contributed by atoms with E-state index in [0.29, 0.717) is 42.9 Å². The van der Waals surface area contributed by atoms with Gasteiger partial charge in [-0.3, -0.25) is 9.59 Å². The lowest BCUT2D eigenvalue weighted by Gasteiger charge is -2.30. The Balaban J connectivity index is 1.56. The van der Waals surface area contributed by atoms with E-state index < -0.39 is 0 Å². The molecule has 0 saturated carbocycles. The van der Waals surface area contributed by atoms with E-state index in [1.807, 2.05) is 30.3 Å². The van der Waals surface area contributed by atoms with Crippen LogP contribution in [0.3, 0.4) is 0 Å². The van der Waals surface area contributed by atoms with Gasteiger partial charge in [-0.1, -0.05) is 30.3 Å². The first-order valence-electron chi connectivity index (χ1n) is 9.62. The zero-order valence-corrected chi connectivity index (χ0v) is 16.3. The molecule has 2 heterocycles. The fourth-order valence-electron chi connectivity index (χ4n) is 3.60. The van der Waals surface area contributed by atoms with Crippen LogP contribution in [0.25, 0.3) is 10.9 Å². The summed E-state index contributed by atoms with van der Waals surface area (Å²) in [6.45, 7) is 1.35. The fraction of sp³-hybridized carbons (Fsp3) is 0.318. The molecule has 0 spiro atoms. The molecule has 0 fully saturated rings. The number of rotatable bonds is 6. The van der Waals surface area contributed by atoms with Crippen LogP contribution in [0.15, 0.2) is 53.3 Å². The summed E-state index contributed by atoms with van der Waals surface area (Å²) in [7, 11) is 1.60. The van der Waals surface area contributed by atoms with Crippen LogP contribution < -0.4 is 10.3 Å². The summed E-state index contributed by atoms with van der Waals surface area (Å²) in [5.74, 6) is 0.970. The van der Waals surface area contributed by atoms with Gasteiger partial charge in [0.05, 0.1) is 30.0 Å². The van der Waals surface area contributed by atoms with Crippen molar-refractivity contribution in [3.63, 3.8) is 0 Å². The summed E-state index contributed by atoms with van der Waals surface area (Å²) < 4.78 is 11.0. The molecule has 1 N–H and O–H groups in total. The number of ether oxygens (including phenoxy) is 2. The Morgan fingerprint density at radius 1 is 1.24 bits per heavy atom. The lowest BCUT2D eigenvalue weighted by atomic mass is 9.95. The molecule has 1 unspecified atom stereocenters. The summed E-state index contributed by atoms with van der Waals surface area (Å²) in [5, 5.41) is 0.531. The van der Waals surface area contributed by atoms with Gasteiger partial charge in [0.15, 0.2) is 0 Å². The quantitative estimate of drug-likeness (QED) is 0.694. The summed E-state index contributed by atoms with van der Waals surface area (Å²) in [6.07, 6.45) is 0.625. The predicted octanol–water partition coefficient (Wildman–Crippen LogP) is 2.15. The number of amides is 1. The van der Waals surface area contributed by atoms with Crippen molar-refractivity contribution in [2.45, 2.75) is 13.0 Å². The topological polar surface area (TPSA) is 84.5 Å². The molecule has 3 aromatic rings. The average Bonchev–Trinajstić information content (AvgIpc) is 2.76. The maximum absolute atomic E-state index is 13.2. The predicted molar refractivity (Wildman–Crippen MR) is 109 cm³/mol. The molecule has 0 saturated heterocycles. The number of benzene rings is 2. The van der Waals surface area contributed by atoms with E-state index >= 15 is 0 Å². The molecule has 0 bridgehead atoms. The number of aromatic nitrogens is 2. The SMILES string of the molecule is COCCN(Cc1nc2ccccc2c(=O)[nH]1)C(=O)C1COc2ccccc2C1. The Morgan fingerprint density at radius 3 is 2.90 bits per heavy atom. The van der Waals surface area contributed by atoms with Crippen molar-refractivity contribution in [2.75, 3.05) is 26.9 Å². The van der Waals surface area contributed by atoms with Gasteiger partial charge in [0.25, 0.3) is 5.56 Å². The Bertz CT molecular complexity index is 1080. The average molecular weight is 393 g/mol. The smallest absolute Gasteiger partial charge is 0.258 e. The maximum Gasteiger partial charge on any atom is 0.258 e. The van der Waals surface area contributed by atoms with Crippen molar-refractivity contribution in [3.05, 3.63) is 70.3 Å². The van der Waals surface area contributed by atoms with Crippen LogP contribution in [-0.4, -0.2) is 47.6 Å². The summed E-state index contributed by atoms with van der Waals surface area (Å²) in [4.78, 5) is 34.6. The lowest BCUT2D eigenvalue weighted by Crippen LogP contribution is -2.42. The molecule has 0 radical (unpaired) electrons. The number of hydrogen-bond donors (Lipinski definition) is 1. The third-order valence-corrected chi connectivity index (χ3v) is 5.11. The van der Waals surface area contributed by atoms with E-state index in [4.69, 9.17) is 9.47 Å². The molecule has 1 aliphatic rings. The summed E-state index contributed by atoms with van der Waals surface area (Å²) >= 11 is 0. The minimum atomic E-state index is -0.283. The number of carbonyl (C=O) groups is 1. The van der Waals surface area contributed by atoms with Gasteiger partial charge in [-0.25, -0.2) is 4.98 Å². The molecule has 150 valence electrons. The highest BCUT2D eigenvalue weighted by atomic mass is 16.5. The number of hydrogen-bond acceptors (Lipinski definition) is 5. The maximum atomic E-state index is 13.2. The monoisotopic (exact) mass is 393 g/mol. The van der Waals surface area contributed by atoms with Crippen molar-refractivity contribution >= 4 is 16.8 Å². The second-order valence-electron chi connectivity index (χ2n) is 7.10. The standard InChI is InChI=1S/C22H23N3O4/c1-28-11-10-25(13-20-23-18-8-4-3-7-17(18)21(26)24-20)22(27)16-12-15-6-2-5-9-19(15)29-14-16/h2-9,16H,10-14H2,1H3,(H,23,24,26). The molecule has 2 aromatic carbocycles. The minimum absolute atomic E-state index is 0.0349. The van der Waals surface area contributed by atoms with Crippen LogP contribution in [-0.2, 0) is 22.5 Å². The minimum Gasteiger partial charge on any atom is -0.492 e. The zero-order valence-electron chi connectivity index (χ0n) is 16.3. The number of methoxy groups -OCH3 is 1.